The van der Waals surface area contributed by atoms with E-state index in [0.29, 0.717) is 6.04 Å². The molecule has 0 radical (unpaired) electrons. The van der Waals surface area contributed by atoms with E-state index in [-0.39, 0.29) is 0 Å². The summed E-state index contributed by atoms with van der Waals surface area (Å²) in [6, 6.07) is 12.7. The molecule has 4 heterocycles. The first-order valence-electron chi connectivity index (χ1n) is 8.14. The number of piperidine rings is 1. The Balaban J connectivity index is 1.59. The number of pyridine rings is 2. The van der Waals surface area contributed by atoms with Gasteiger partial charge in [-0.3, -0.25) is 0 Å². The van der Waals surface area contributed by atoms with Gasteiger partial charge in [-0.1, -0.05) is 12.1 Å². The lowest BCUT2D eigenvalue weighted by Crippen LogP contribution is -2.36. The molecule has 0 bridgehead atoms. The molecule has 5 heteroatoms. The van der Waals surface area contributed by atoms with Crippen molar-refractivity contribution in [3.05, 3.63) is 48.8 Å². The summed E-state index contributed by atoms with van der Waals surface area (Å²) in [7, 11) is 2.18. The Morgan fingerprint density at radius 2 is 1.96 bits per heavy atom. The van der Waals surface area contributed by atoms with Crippen LogP contribution in [0.3, 0.4) is 0 Å². The summed E-state index contributed by atoms with van der Waals surface area (Å²) in [5.41, 5.74) is 3.11. The average Bonchev–Trinajstić information content (AvgIpc) is 3.01. The molecule has 118 valence electrons. The minimum atomic E-state index is 0.512. The molecular weight excluding hydrogens is 286 g/mol. The van der Waals surface area contributed by atoms with Crippen molar-refractivity contribution in [3.63, 3.8) is 0 Å². The molecule has 0 atom stereocenters. The van der Waals surface area contributed by atoms with Gasteiger partial charge in [-0.25, -0.2) is 9.50 Å². The van der Waals surface area contributed by atoms with E-state index in [9.17, 15) is 0 Å². The number of nitrogens with zero attached hydrogens (tertiary/aromatic N) is 4. The van der Waals surface area contributed by atoms with Crippen LogP contribution in [0.5, 0.6) is 0 Å². The highest BCUT2D eigenvalue weighted by Crippen LogP contribution is 2.24. The molecule has 0 unspecified atom stereocenters. The van der Waals surface area contributed by atoms with Gasteiger partial charge in [-0.05, 0) is 57.2 Å². The predicted molar refractivity (Wildman–Crippen MR) is 92.6 cm³/mol. The van der Waals surface area contributed by atoms with E-state index in [1.807, 2.05) is 41.2 Å². The first-order chi connectivity index (χ1) is 11.3. The Hall–Kier alpha value is -2.40. The molecule has 0 saturated carbocycles. The highest BCUT2D eigenvalue weighted by Gasteiger charge is 2.17. The van der Waals surface area contributed by atoms with Crippen molar-refractivity contribution in [2.45, 2.75) is 18.9 Å². The Kier molecular flexibility index (Phi) is 3.71. The first-order valence-corrected chi connectivity index (χ1v) is 8.14. The number of fused-ring (bicyclic) bond motifs is 1. The van der Waals surface area contributed by atoms with Gasteiger partial charge in [0.2, 0.25) is 0 Å². The van der Waals surface area contributed by atoms with E-state index in [4.69, 9.17) is 4.98 Å². The van der Waals surface area contributed by atoms with Crippen LogP contribution in [0.25, 0.3) is 16.8 Å². The number of aromatic nitrogens is 3. The lowest BCUT2D eigenvalue weighted by molar-refractivity contribution is 0.263. The second kappa shape index (κ2) is 6.01. The Labute approximate surface area is 136 Å². The van der Waals surface area contributed by atoms with E-state index >= 15 is 0 Å². The van der Waals surface area contributed by atoms with Crippen molar-refractivity contribution in [2.24, 2.45) is 0 Å². The lowest BCUT2D eigenvalue weighted by Gasteiger charge is -2.29. The molecule has 1 N–H and O–H groups in total. The van der Waals surface area contributed by atoms with Crippen LogP contribution in [-0.2, 0) is 0 Å². The number of likely N-dealkylation sites (tertiary alicyclic amines) is 1. The van der Waals surface area contributed by atoms with Crippen molar-refractivity contribution >= 4 is 11.3 Å². The maximum Gasteiger partial charge on any atom is 0.126 e. The average molecular weight is 307 g/mol. The van der Waals surface area contributed by atoms with Gasteiger partial charge in [0.25, 0.3) is 0 Å². The Morgan fingerprint density at radius 1 is 1.09 bits per heavy atom. The van der Waals surface area contributed by atoms with Gasteiger partial charge < -0.3 is 10.2 Å². The highest BCUT2D eigenvalue weighted by molar-refractivity contribution is 5.78. The molecule has 1 fully saturated rings. The van der Waals surface area contributed by atoms with Crippen LogP contribution in [-0.4, -0.2) is 45.7 Å². The zero-order valence-corrected chi connectivity index (χ0v) is 13.3. The van der Waals surface area contributed by atoms with Gasteiger partial charge in [0, 0.05) is 17.8 Å². The molecular formula is C18H21N5. The fraction of sp³-hybridized carbons (Fsp3) is 0.333. The van der Waals surface area contributed by atoms with E-state index in [0.717, 1.165) is 35.7 Å². The van der Waals surface area contributed by atoms with Crippen LogP contribution in [0.15, 0.2) is 48.8 Å². The SMILES string of the molecule is CN1CCC(Nc2cccc(-c3cnn4ccccc34)n2)CC1. The molecule has 0 amide bonds. The standard InChI is InChI=1S/C18H21N5/c1-22-11-8-14(9-12-22)20-18-7-4-5-16(21-18)15-13-19-23-10-3-2-6-17(15)23/h2-7,10,13-14H,8-9,11-12H2,1H3,(H,20,21). The third-order valence-electron chi connectivity index (χ3n) is 4.52. The van der Waals surface area contributed by atoms with Gasteiger partial charge in [0.05, 0.1) is 17.4 Å². The lowest BCUT2D eigenvalue weighted by atomic mass is 10.1. The van der Waals surface area contributed by atoms with Gasteiger partial charge in [0.15, 0.2) is 0 Å². The van der Waals surface area contributed by atoms with Crippen molar-refractivity contribution in [3.8, 4) is 11.3 Å². The molecule has 23 heavy (non-hydrogen) atoms. The second-order valence-corrected chi connectivity index (χ2v) is 6.22. The smallest absolute Gasteiger partial charge is 0.126 e. The fourth-order valence-corrected chi connectivity index (χ4v) is 3.16. The summed E-state index contributed by atoms with van der Waals surface area (Å²) in [5.74, 6) is 0.951. The summed E-state index contributed by atoms with van der Waals surface area (Å²) in [4.78, 5) is 7.18. The van der Waals surface area contributed by atoms with Crippen molar-refractivity contribution < 1.29 is 0 Å². The number of nitrogens with one attached hydrogen (secondary N) is 1. The van der Waals surface area contributed by atoms with E-state index < -0.39 is 0 Å². The number of anilines is 1. The number of rotatable bonds is 3. The maximum absolute atomic E-state index is 4.80. The maximum atomic E-state index is 4.80. The van der Waals surface area contributed by atoms with Gasteiger partial charge in [-0.15, -0.1) is 0 Å². The first kappa shape index (κ1) is 14.2. The molecule has 1 aliphatic rings. The van der Waals surface area contributed by atoms with E-state index in [2.05, 4.69) is 34.5 Å². The Morgan fingerprint density at radius 3 is 2.83 bits per heavy atom. The zero-order valence-electron chi connectivity index (χ0n) is 13.3. The second-order valence-electron chi connectivity index (χ2n) is 6.22. The Bertz CT molecular complexity index is 802. The molecule has 5 nitrogen and oxygen atoms in total. The minimum Gasteiger partial charge on any atom is -0.367 e. The van der Waals surface area contributed by atoms with Crippen LogP contribution < -0.4 is 5.32 Å². The normalized spacial score (nSPS) is 16.7. The summed E-state index contributed by atoms with van der Waals surface area (Å²) in [6.45, 7) is 2.29. The summed E-state index contributed by atoms with van der Waals surface area (Å²) >= 11 is 0. The van der Waals surface area contributed by atoms with Crippen molar-refractivity contribution in [1.29, 1.82) is 0 Å². The molecule has 0 aromatic carbocycles. The summed E-state index contributed by atoms with van der Waals surface area (Å²) in [6.07, 6.45) is 6.18. The van der Waals surface area contributed by atoms with Gasteiger partial charge in [0.1, 0.15) is 5.82 Å². The van der Waals surface area contributed by atoms with Crippen LogP contribution in [0.2, 0.25) is 0 Å². The third kappa shape index (κ3) is 2.92. The van der Waals surface area contributed by atoms with Gasteiger partial charge in [-0.2, -0.15) is 5.10 Å². The molecule has 1 saturated heterocycles. The monoisotopic (exact) mass is 307 g/mol. The summed E-state index contributed by atoms with van der Waals surface area (Å²) in [5, 5.41) is 7.99. The molecule has 4 rings (SSSR count). The molecule has 0 spiro atoms. The van der Waals surface area contributed by atoms with Crippen LogP contribution in [0.4, 0.5) is 5.82 Å². The van der Waals surface area contributed by atoms with E-state index in [1.54, 1.807) is 0 Å². The number of hydrogen-bond acceptors (Lipinski definition) is 4. The molecule has 3 aromatic heterocycles. The number of hydrogen-bond donors (Lipinski definition) is 1. The fourth-order valence-electron chi connectivity index (χ4n) is 3.16. The molecule has 3 aromatic rings. The predicted octanol–water partition coefficient (Wildman–Crippen LogP) is 2.90. The zero-order chi connectivity index (χ0) is 15.6. The van der Waals surface area contributed by atoms with Crippen molar-refractivity contribution in [1.82, 2.24) is 19.5 Å². The quantitative estimate of drug-likeness (QED) is 0.808. The van der Waals surface area contributed by atoms with Crippen LogP contribution >= 0.6 is 0 Å². The third-order valence-corrected chi connectivity index (χ3v) is 4.52. The minimum absolute atomic E-state index is 0.512. The summed E-state index contributed by atoms with van der Waals surface area (Å²) < 4.78 is 1.88. The van der Waals surface area contributed by atoms with Crippen LogP contribution in [0, 0.1) is 0 Å². The largest absolute Gasteiger partial charge is 0.367 e. The van der Waals surface area contributed by atoms with Crippen molar-refractivity contribution in [2.75, 3.05) is 25.5 Å². The van der Waals surface area contributed by atoms with Crippen LogP contribution in [0.1, 0.15) is 12.8 Å². The highest BCUT2D eigenvalue weighted by atomic mass is 15.2. The topological polar surface area (TPSA) is 45.5 Å². The van der Waals surface area contributed by atoms with E-state index in [1.165, 1.54) is 12.8 Å². The molecule has 1 aliphatic heterocycles. The molecule has 0 aliphatic carbocycles. The van der Waals surface area contributed by atoms with Gasteiger partial charge >= 0.3 is 0 Å².